The molecule has 0 spiro atoms. The molecule has 0 saturated carbocycles. The molecule has 8 heteroatoms. The Labute approximate surface area is 161 Å². The molecule has 1 aromatic rings. The molecular weight excluding hydrogens is 373 g/mol. The van der Waals surface area contributed by atoms with Gasteiger partial charge in [-0.05, 0) is 43.4 Å². The molecule has 0 aliphatic carbocycles. The zero-order valence-electron chi connectivity index (χ0n) is 14.8. The summed E-state index contributed by atoms with van der Waals surface area (Å²) in [5, 5.41) is 0.301. The molecule has 0 bridgehead atoms. The smallest absolute Gasteiger partial charge is 0.275 e. The van der Waals surface area contributed by atoms with E-state index in [1.807, 2.05) is 4.90 Å². The van der Waals surface area contributed by atoms with Crippen LogP contribution in [0.1, 0.15) is 31.2 Å². The van der Waals surface area contributed by atoms with Crippen molar-refractivity contribution in [2.45, 2.75) is 50.6 Å². The van der Waals surface area contributed by atoms with Gasteiger partial charge in [-0.15, -0.1) is 0 Å². The van der Waals surface area contributed by atoms with Gasteiger partial charge in [0.1, 0.15) is 17.0 Å². The lowest BCUT2D eigenvalue weighted by Crippen LogP contribution is -2.56. The number of benzene rings is 1. The number of rotatable bonds is 4. The van der Waals surface area contributed by atoms with E-state index in [4.69, 9.17) is 16.3 Å². The van der Waals surface area contributed by atoms with Crippen molar-refractivity contribution in [3.05, 3.63) is 35.6 Å². The molecule has 2 unspecified atom stereocenters. The van der Waals surface area contributed by atoms with Gasteiger partial charge in [0, 0.05) is 13.1 Å². The second-order valence-electron chi connectivity index (χ2n) is 7.13. The Morgan fingerprint density at radius 3 is 2.63 bits per heavy atom. The van der Waals surface area contributed by atoms with E-state index in [1.54, 1.807) is 17.0 Å². The van der Waals surface area contributed by atoms with Gasteiger partial charge in [-0.2, -0.15) is 0 Å². The fourth-order valence-corrected chi connectivity index (χ4v) is 4.29. The van der Waals surface area contributed by atoms with E-state index in [1.165, 1.54) is 12.1 Å². The minimum atomic E-state index is -1.08. The van der Waals surface area contributed by atoms with Gasteiger partial charge in [0.15, 0.2) is 0 Å². The summed E-state index contributed by atoms with van der Waals surface area (Å²) < 4.78 is 18.7. The molecule has 3 atom stereocenters. The number of hydrogen-bond donors (Lipinski definition) is 0. The lowest BCUT2D eigenvalue weighted by Gasteiger charge is -2.35. The Balaban J connectivity index is 1.48. The molecule has 4 rings (SSSR count). The largest absolute Gasteiger partial charge is 0.343 e. The predicted molar refractivity (Wildman–Crippen MR) is 97.7 cm³/mol. The Kier molecular flexibility index (Phi) is 5.14. The summed E-state index contributed by atoms with van der Waals surface area (Å²) in [6.07, 6.45) is 2.14. The van der Waals surface area contributed by atoms with Crippen molar-refractivity contribution in [3.63, 3.8) is 0 Å². The summed E-state index contributed by atoms with van der Waals surface area (Å²) in [5.41, 5.74) is 0.726. The number of carbonyl (C=O) groups is 2. The molecule has 6 nitrogen and oxygen atoms in total. The van der Waals surface area contributed by atoms with E-state index in [0.717, 1.165) is 31.5 Å². The maximum absolute atomic E-state index is 13.0. The van der Waals surface area contributed by atoms with Crippen LogP contribution in [0.2, 0.25) is 0 Å². The third kappa shape index (κ3) is 3.58. The molecule has 2 saturated heterocycles. The van der Waals surface area contributed by atoms with E-state index in [2.05, 4.69) is 4.99 Å². The van der Waals surface area contributed by atoms with Crippen LogP contribution in [0.15, 0.2) is 29.3 Å². The lowest BCUT2D eigenvalue weighted by atomic mass is 10.2. The van der Waals surface area contributed by atoms with Crippen LogP contribution >= 0.6 is 11.6 Å². The van der Waals surface area contributed by atoms with E-state index >= 15 is 0 Å². The second kappa shape index (κ2) is 7.56. The predicted octanol–water partition coefficient (Wildman–Crippen LogP) is 2.30. The highest BCUT2D eigenvalue weighted by atomic mass is 35.5. The average molecular weight is 394 g/mol. The molecule has 0 radical (unpaired) electrons. The first-order valence-corrected chi connectivity index (χ1v) is 9.62. The van der Waals surface area contributed by atoms with Gasteiger partial charge in [0.2, 0.25) is 12.1 Å². The number of halogens is 2. The van der Waals surface area contributed by atoms with Crippen molar-refractivity contribution < 1.29 is 18.7 Å². The molecule has 3 aliphatic heterocycles. The molecule has 27 heavy (non-hydrogen) atoms. The first kappa shape index (κ1) is 18.4. The number of hydrogen-bond acceptors (Lipinski definition) is 4. The number of aliphatic imine (C=N–C) groups is 1. The topological polar surface area (TPSA) is 62.2 Å². The highest BCUT2D eigenvalue weighted by molar-refractivity contribution is 6.67. The van der Waals surface area contributed by atoms with Crippen molar-refractivity contribution in [3.8, 4) is 0 Å². The van der Waals surface area contributed by atoms with Crippen LogP contribution in [-0.2, 0) is 20.9 Å². The van der Waals surface area contributed by atoms with E-state index < -0.39 is 12.3 Å². The fourth-order valence-electron chi connectivity index (χ4n) is 3.99. The number of carbonyl (C=O) groups excluding carboxylic acids is 2. The van der Waals surface area contributed by atoms with Crippen LogP contribution in [0.3, 0.4) is 0 Å². The number of nitrogens with zero attached hydrogens (tertiary/aromatic N) is 3. The fraction of sp³-hybridized carbons (Fsp3) is 0.526. The first-order valence-electron chi connectivity index (χ1n) is 9.25. The van der Waals surface area contributed by atoms with E-state index in [-0.39, 0.29) is 30.3 Å². The number of amides is 2. The third-order valence-corrected chi connectivity index (χ3v) is 5.74. The quantitative estimate of drug-likeness (QED) is 0.788. The van der Waals surface area contributed by atoms with Crippen LogP contribution < -0.4 is 0 Å². The van der Waals surface area contributed by atoms with Crippen molar-refractivity contribution in [1.29, 1.82) is 0 Å². The maximum Gasteiger partial charge on any atom is 0.275 e. The first-order chi connectivity index (χ1) is 13.0. The average Bonchev–Trinajstić information content (AvgIpc) is 3.34. The van der Waals surface area contributed by atoms with Gasteiger partial charge < -0.3 is 14.5 Å². The molecule has 2 fully saturated rings. The standard InChI is InChI=1S/C19H21ClFN3O3/c20-16-14-7-8-15(18(25)23-9-1-2-10-23)24(14)19(26)17(22-16)27-11-12-3-5-13(21)6-4-12/h3-6,14-15,17H,1-2,7-11H2/t14?,15-,17?/m0/s1. The van der Waals surface area contributed by atoms with Crippen LogP contribution in [0.4, 0.5) is 4.39 Å². The molecular formula is C19H21ClFN3O3. The van der Waals surface area contributed by atoms with Crippen molar-refractivity contribution in [2.24, 2.45) is 4.99 Å². The zero-order valence-corrected chi connectivity index (χ0v) is 15.6. The molecule has 0 aromatic heterocycles. The van der Waals surface area contributed by atoms with Crippen molar-refractivity contribution in [1.82, 2.24) is 9.80 Å². The van der Waals surface area contributed by atoms with E-state index in [0.29, 0.717) is 18.0 Å². The summed E-state index contributed by atoms with van der Waals surface area (Å²) >= 11 is 6.31. The highest BCUT2D eigenvalue weighted by Gasteiger charge is 2.49. The molecule has 1 aromatic carbocycles. The Morgan fingerprint density at radius 1 is 1.22 bits per heavy atom. The molecule has 3 aliphatic rings. The SMILES string of the molecule is O=C([C@@H]1CCC2C(Cl)=NC(OCc3ccc(F)cc3)C(=O)N21)N1CCCC1. The van der Waals surface area contributed by atoms with Gasteiger partial charge in [-0.3, -0.25) is 9.59 Å². The van der Waals surface area contributed by atoms with Gasteiger partial charge >= 0.3 is 0 Å². The Bertz CT molecular complexity index is 764. The summed E-state index contributed by atoms with van der Waals surface area (Å²) in [6, 6.07) is 5.00. The number of likely N-dealkylation sites (tertiary alicyclic amines) is 1. The number of ether oxygens (including phenoxy) is 1. The van der Waals surface area contributed by atoms with Gasteiger partial charge in [0.25, 0.3) is 5.91 Å². The minimum absolute atomic E-state index is 0.00741. The maximum atomic E-state index is 13.0. The molecule has 2 amide bonds. The molecule has 0 N–H and O–H groups in total. The van der Waals surface area contributed by atoms with Crippen LogP contribution in [0.5, 0.6) is 0 Å². The summed E-state index contributed by atoms with van der Waals surface area (Å²) in [5.74, 6) is -0.676. The van der Waals surface area contributed by atoms with Crippen LogP contribution in [0.25, 0.3) is 0 Å². The zero-order chi connectivity index (χ0) is 19.0. The molecule has 3 heterocycles. The van der Waals surface area contributed by atoms with Gasteiger partial charge in [-0.1, -0.05) is 23.7 Å². The number of fused-ring (bicyclic) bond motifs is 1. The second-order valence-corrected chi connectivity index (χ2v) is 7.52. The summed E-state index contributed by atoms with van der Waals surface area (Å²) in [6.45, 7) is 1.59. The Hall–Kier alpha value is -1.99. The highest BCUT2D eigenvalue weighted by Crippen LogP contribution is 2.33. The third-order valence-electron chi connectivity index (χ3n) is 5.39. The normalized spacial score (nSPS) is 27.7. The van der Waals surface area contributed by atoms with Gasteiger partial charge in [0.05, 0.1) is 12.6 Å². The van der Waals surface area contributed by atoms with Gasteiger partial charge in [-0.25, -0.2) is 9.38 Å². The van der Waals surface area contributed by atoms with Crippen molar-refractivity contribution >= 4 is 28.6 Å². The van der Waals surface area contributed by atoms with Crippen LogP contribution in [-0.4, -0.2) is 58.2 Å². The summed E-state index contributed by atoms with van der Waals surface area (Å²) in [7, 11) is 0. The minimum Gasteiger partial charge on any atom is -0.343 e. The molecule has 144 valence electrons. The van der Waals surface area contributed by atoms with Crippen LogP contribution in [0, 0.1) is 5.82 Å². The summed E-state index contributed by atoms with van der Waals surface area (Å²) in [4.78, 5) is 33.4. The van der Waals surface area contributed by atoms with E-state index in [9.17, 15) is 14.0 Å². The monoisotopic (exact) mass is 393 g/mol. The lowest BCUT2D eigenvalue weighted by molar-refractivity contribution is -0.153. The Morgan fingerprint density at radius 2 is 1.93 bits per heavy atom. The van der Waals surface area contributed by atoms with Crippen molar-refractivity contribution in [2.75, 3.05) is 13.1 Å².